The molecule has 96 valence electrons. The van der Waals surface area contributed by atoms with Crippen molar-refractivity contribution in [2.75, 3.05) is 17.7 Å². The third kappa shape index (κ3) is 3.36. The Morgan fingerprint density at radius 2 is 2.00 bits per heavy atom. The minimum atomic E-state index is 0.761. The van der Waals surface area contributed by atoms with E-state index >= 15 is 0 Å². The molecule has 0 radical (unpaired) electrons. The third-order valence-electron chi connectivity index (χ3n) is 2.97. The Hall–Kier alpha value is -1.28. The average molecular weight is 263 g/mol. The topological polar surface area (TPSA) is 24.9 Å². The van der Waals surface area contributed by atoms with E-state index in [9.17, 15) is 0 Å². The lowest BCUT2D eigenvalue weighted by Gasteiger charge is -2.10. The molecule has 2 aromatic rings. The van der Waals surface area contributed by atoms with Crippen LogP contribution in [-0.4, -0.2) is 17.4 Å². The van der Waals surface area contributed by atoms with E-state index in [0.29, 0.717) is 0 Å². The largest absolute Gasteiger partial charge is 0.384 e. The molecular formula is C15H19ClN2. The number of unbranched alkanes of at least 4 members (excludes halogenated alkanes) is 2. The highest BCUT2D eigenvalue weighted by molar-refractivity contribution is 6.17. The van der Waals surface area contributed by atoms with Gasteiger partial charge in [-0.1, -0.05) is 24.6 Å². The molecule has 2 rings (SSSR count). The Balaban J connectivity index is 2.07. The van der Waals surface area contributed by atoms with Gasteiger partial charge >= 0.3 is 0 Å². The predicted molar refractivity (Wildman–Crippen MR) is 79.5 cm³/mol. The van der Waals surface area contributed by atoms with Crippen LogP contribution in [0.1, 0.15) is 25.0 Å². The van der Waals surface area contributed by atoms with E-state index in [4.69, 9.17) is 11.6 Å². The summed E-state index contributed by atoms with van der Waals surface area (Å²) in [5.41, 5.74) is 3.29. The van der Waals surface area contributed by atoms with Crippen molar-refractivity contribution in [3.8, 4) is 0 Å². The highest BCUT2D eigenvalue weighted by Crippen LogP contribution is 2.22. The Morgan fingerprint density at radius 3 is 2.83 bits per heavy atom. The highest BCUT2D eigenvalue weighted by atomic mass is 35.5. The standard InChI is InChI=1S/C15H19ClN2/c1-12-11-15(17-10-6-2-5-9-16)13-7-3-4-8-14(13)18-12/h3-4,7-8,11H,2,5-6,9-10H2,1H3,(H,17,18). The van der Waals surface area contributed by atoms with Crippen LogP contribution in [0.4, 0.5) is 5.69 Å². The summed E-state index contributed by atoms with van der Waals surface area (Å²) in [6.07, 6.45) is 3.43. The van der Waals surface area contributed by atoms with E-state index in [1.165, 1.54) is 17.5 Å². The van der Waals surface area contributed by atoms with Gasteiger partial charge in [0.05, 0.1) is 5.52 Å². The molecule has 0 spiro atoms. The smallest absolute Gasteiger partial charge is 0.0725 e. The lowest BCUT2D eigenvalue weighted by molar-refractivity contribution is 0.747. The fraction of sp³-hybridized carbons (Fsp3) is 0.400. The fourth-order valence-corrected chi connectivity index (χ4v) is 2.26. The number of fused-ring (bicyclic) bond motifs is 1. The van der Waals surface area contributed by atoms with Crippen LogP contribution < -0.4 is 5.32 Å². The first kappa shape index (κ1) is 13.2. The number of rotatable bonds is 6. The summed E-state index contributed by atoms with van der Waals surface area (Å²) < 4.78 is 0. The summed E-state index contributed by atoms with van der Waals surface area (Å²) in [4.78, 5) is 4.54. The highest BCUT2D eigenvalue weighted by Gasteiger charge is 2.02. The van der Waals surface area contributed by atoms with Gasteiger partial charge in [-0.2, -0.15) is 0 Å². The minimum Gasteiger partial charge on any atom is -0.384 e. The Bertz CT molecular complexity index is 511. The van der Waals surface area contributed by atoms with Crippen LogP contribution in [0.15, 0.2) is 30.3 Å². The van der Waals surface area contributed by atoms with Crippen molar-refractivity contribution in [1.82, 2.24) is 4.98 Å². The Kier molecular flexibility index (Phi) is 4.82. The van der Waals surface area contributed by atoms with E-state index in [1.54, 1.807) is 0 Å². The average Bonchev–Trinajstić information content (AvgIpc) is 2.38. The molecule has 0 amide bonds. The second-order valence-electron chi connectivity index (χ2n) is 4.50. The van der Waals surface area contributed by atoms with Gasteiger partial charge in [-0.25, -0.2) is 0 Å². The Morgan fingerprint density at radius 1 is 1.17 bits per heavy atom. The van der Waals surface area contributed by atoms with Crippen LogP contribution in [0.3, 0.4) is 0 Å². The number of aromatic nitrogens is 1. The number of hydrogen-bond donors (Lipinski definition) is 1. The van der Waals surface area contributed by atoms with Gasteiger partial charge in [-0.3, -0.25) is 4.98 Å². The summed E-state index contributed by atoms with van der Waals surface area (Å²) in [7, 11) is 0. The van der Waals surface area contributed by atoms with Crippen molar-refractivity contribution in [3.05, 3.63) is 36.0 Å². The molecule has 0 unspecified atom stereocenters. The van der Waals surface area contributed by atoms with Crippen molar-refractivity contribution < 1.29 is 0 Å². The molecule has 0 atom stereocenters. The van der Waals surface area contributed by atoms with Crippen molar-refractivity contribution in [2.45, 2.75) is 26.2 Å². The van der Waals surface area contributed by atoms with E-state index in [2.05, 4.69) is 34.6 Å². The van der Waals surface area contributed by atoms with E-state index in [1.807, 2.05) is 13.0 Å². The van der Waals surface area contributed by atoms with Gasteiger partial charge < -0.3 is 5.32 Å². The molecule has 1 heterocycles. The summed E-state index contributed by atoms with van der Waals surface area (Å²) in [5, 5.41) is 4.70. The minimum absolute atomic E-state index is 0.761. The maximum atomic E-state index is 5.67. The van der Waals surface area contributed by atoms with Crippen LogP contribution in [0, 0.1) is 6.92 Å². The van der Waals surface area contributed by atoms with Gasteiger partial charge in [0.1, 0.15) is 0 Å². The number of nitrogens with one attached hydrogen (secondary N) is 1. The molecule has 0 aliphatic carbocycles. The molecule has 0 bridgehead atoms. The number of nitrogens with zero attached hydrogens (tertiary/aromatic N) is 1. The molecule has 1 aromatic carbocycles. The molecule has 0 aliphatic heterocycles. The quantitative estimate of drug-likeness (QED) is 0.618. The lowest BCUT2D eigenvalue weighted by Crippen LogP contribution is -2.03. The van der Waals surface area contributed by atoms with E-state index < -0.39 is 0 Å². The number of aryl methyl sites for hydroxylation is 1. The molecule has 2 nitrogen and oxygen atoms in total. The maximum absolute atomic E-state index is 5.67. The Labute approximate surface area is 113 Å². The SMILES string of the molecule is Cc1cc(NCCCCCCl)c2ccccc2n1. The normalized spacial score (nSPS) is 10.8. The first-order valence-corrected chi connectivity index (χ1v) is 7.01. The second kappa shape index (κ2) is 6.60. The van der Waals surface area contributed by atoms with Gasteiger partial charge in [0, 0.05) is 29.2 Å². The number of alkyl halides is 1. The van der Waals surface area contributed by atoms with E-state index in [-0.39, 0.29) is 0 Å². The molecular weight excluding hydrogens is 244 g/mol. The zero-order valence-corrected chi connectivity index (χ0v) is 11.5. The van der Waals surface area contributed by atoms with Gasteiger partial charge in [-0.15, -0.1) is 11.6 Å². The maximum Gasteiger partial charge on any atom is 0.0725 e. The van der Waals surface area contributed by atoms with Gasteiger partial charge in [0.15, 0.2) is 0 Å². The number of hydrogen-bond acceptors (Lipinski definition) is 2. The first-order chi connectivity index (χ1) is 8.81. The van der Waals surface area contributed by atoms with Crippen molar-refractivity contribution in [2.24, 2.45) is 0 Å². The summed E-state index contributed by atoms with van der Waals surface area (Å²) in [6, 6.07) is 10.4. The number of pyridine rings is 1. The first-order valence-electron chi connectivity index (χ1n) is 6.47. The van der Waals surface area contributed by atoms with Crippen LogP contribution >= 0.6 is 11.6 Å². The fourth-order valence-electron chi connectivity index (χ4n) is 2.07. The number of halogens is 1. The molecule has 0 saturated heterocycles. The zero-order chi connectivity index (χ0) is 12.8. The summed E-state index contributed by atoms with van der Waals surface area (Å²) >= 11 is 5.67. The molecule has 0 fully saturated rings. The monoisotopic (exact) mass is 262 g/mol. The number of benzene rings is 1. The number of para-hydroxylation sites is 1. The summed E-state index contributed by atoms with van der Waals surface area (Å²) in [6.45, 7) is 3.02. The third-order valence-corrected chi connectivity index (χ3v) is 3.24. The van der Waals surface area contributed by atoms with Gasteiger partial charge in [-0.05, 0) is 31.9 Å². The van der Waals surface area contributed by atoms with Crippen LogP contribution in [0.25, 0.3) is 10.9 Å². The van der Waals surface area contributed by atoms with Crippen LogP contribution in [0.2, 0.25) is 0 Å². The van der Waals surface area contributed by atoms with Crippen molar-refractivity contribution in [3.63, 3.8) is 0 Å². The number of anilines is 1. The van der Waals surface area contributed by atoms with Crippen LogP contribution in [0.5, 0.6) is 0 Å². The molecule has 0 saturated carbocycles. The van der Waals surface area contributed by atoms with Crippen molar-refractivity contribution >= 4 is 28.2 Å². The van der Waals surface area contributed by atoms with Gasteiger partial charge in [0.25, 0.3) is 0 Å². The molecule has 1 aromatic heterocycles. The lowest BCUT2D eigenvalue weighted by atomic mass is 10.1. The molecule has 0 aliphatic rings. The predicted octanol–water partition coefficient (Wildman–Crippen LogP) is 4.36. The molecule has 3 heteroatoms. The summed E-state index contributed by atoms with van der Waals surface area (Å²) in [5.74, 6) is 0.761. The van der Waals surface area contributed by atoms with Crippen LogP contribution in [-0.2, 0) is 0 Å². The van der Waals surface area contributed by atoms with Crippen molar-refractivity contribution in [1.29, 1.82) is 0 Å². The molecule has 1 N–H and O–H groups in total. The van der Waals surface area contributed by atoms with Gasteiger partial charge in [0.2, 0.25) is 0 Å². The molecule has 18 heavy (non-hydrogen) atoms. The second-order valence-corrected chi connectivity index (χ2v) is 4.88. The zero-order valence-electron chi connectivity index (χ0n) is 10.7. The van der Waals surface area contributed by atoms with E-state index in [0.717, 1.165) is 36.5 Å².